The van der Waals surface area contributed by atoms with Crippen LogP contribution in [-0.4, -0.2) is 31.0 Å². The van der Waals surface area contributed by atoms with Gasteiger partial charge in [0.1, 0.15) is 12.4 Å². The molecule has 1 amide bonds. The number of ether oxygens (including phenoxy) is 1. The fourth-order valence-corrected chi connectivity index (χ4v) is 2.34. The lowest BCUT2D eigenvalue weighted by Gasteiger charge is -2.28. The van der Waals surface area contributed by atoms with Crippen LogP contribution in [0.25, 0.3) is 0 Å². The molecule has 4 heteroatoms. The number of nitrogens with zero attached hydrogens (tertiary/aromatic N) is 2. The average Bonchev–Trinajstić information content (AvgIpc) is 2.45. The van der Waals surface area contributed by atoms with Gasteiger partial charge in [0, 0.05) is 13.6 Å². The number of benzene rings is 1. The molecule has 1 heterocycles. The summed E-state index contributed by atoms with van der Waals surface area (Å²) in [4.78, 5) is 13.9. The van der Waals surface area contributed by atoms with Gasteiger partial charge in [0.05, 0.1) is 17.9 Å². The van der Waals surface area contributed by atoms with Crippen molar-refractivity contribution in [3.63, 3.8) is 0 Å². The van der Waals surface area contributed by atoms with Crippen molar-refractivity contribution in [3.05, 3.63) is 29.8 Å². The van der Waals surface area contributed by atoms with Crippen LogP contribution in [0.15, 0.2) is 24.3 Å². The lowest BCUT2D eigenvalue weighted by Crippen LogP contribution is -2.40. The summed E-state index contributed by atoms with van der Waals surface area (Å²) in [7, 11) is 1.75. The van der Waals surface area contributed by atoms with Gasteiger partial charge in [-0.2, -0.15) is 5.26 Å². The first-order valence-corrected chi connectivity index (χ1v) is 6.47. The molecule has 0 N–H and O–H groups in total. The molecule has 4 nitrogen and oxygen atoms in total. The zero-order chi connectivity index (χ0) is 13.8. The van der Waals surface area contributed by atoms with E-state index in [1.165, 1.54) is 0 Å². The van der Waals surface area contributed by atoms with E-state index in [-0.39, 0.29) is 17.7 Å². The Labute approximate surface area is 113 Å². The minimum atomic E-state index is -0.147. The fraction of sp³-hybridized carbons (Fsp3) is 0.467. The van der Waals surface area contributed by atoms with Crippen LogP contribution in [0.2, 0.25) is 0 Å². The van der Waals surface area contributed by atoms with Crippen LogP contribution < -0.4 is 4.74 Å². The van der Waals surface area contributed by atoms with Crippen molar-refractivity contribution in [2.75, 3.05) is 20.2 Å². The van der Waals surface area contributed by atoms with E-state index < -0.39 is 0 Å². The third-order valence-electron chi connectivity index (χ3n) is 3.37. The molecule has 0 radical (unpaired) electrons. The summed E-state index contributed by atoms with van der Waals surface area (Å²) in [6, 6.07) is 9.95. The minimum Gasteiger partial charge on any atom is -0.492 e. The molecule has 100 valence electrons. The Morgan fingerprint density at radius 3 is 3.05 bits per heavy atom. The molecule has 0 saturated heterocycles. The van der Waals surface area contributed by atoms with Crippen LogP contribution in [0.5, 0.6) is 5.75 Å². The molecular formula is C15H18N2O2. The van der Waals surface area contributed by atoms with Gasteiger partial charge in [-0.15, -0.1) is 0 Å². The average molecular weight is 258 g/mol. The quantitative estimate of drug-likeness (QED) is 0.831. The maximum atomic E-state index is 12.3. The topological polar surface area (TPSA) is 53.3 Å². The number of amides is 1. The SMILES string of the molecule is CC(C#N)CN(C)C(=O)C1COc2ccccc2C1. The second kappa shape index (κ2) is 5.75. The molecule has 1 aromatic carbocycles. The van der Waals surface area contributed by atoms with E-state index in [9.17, 15) is 4.79 Å². The van der Waals surface area contributed by atoms with Crippen molar-refractivity contribution in [2.45, 2.75) is 13.3 Å². The molecule has 2 atom stereocenters. The standard InChI is InChI=1S/C15H18N2O2/c1-11(8-16)9-17(2)15(18)13-7-12-5-3-4-6-14(12)19-10-13/h3-6,11,13H,7,9-10H2,1-2H3. The van der Waals surface area contributed by atoms with Crippen LogP contribution in [-0.2, 0) is 11.2 Å². The smallest absolute Gasteiger partial charge is 0.229 e. The number of carbonyl (C=O) groups excluding carboxylic acids is 1. The largest absolute Gasteiger partial charge is 0.492 e. The van der Waals surface area contributed by atoms with Crippen LogP contribution >= 0.6 is 0 Å². The maximum absolute atomic E-state index is 12.3. The van der Waals surface area contributed by atoms with Gasteiger partial charge in [0.15, 0.2) is 0 Å². The maximum Gasteiger partial charge on any atom is 0.229 e. The van der Waals surface area contributed by atoms with E-state index in [0.29, 0.717) is 19.6 Å². The van der Waals surface area contributed by atoms with Crippen molar-refractivity contribution < 1.29 is 9.53 Å². The molecule has 0 saturated carbocycles. The zero-order valence-corrected chi connectivity index (χ0v) is 11.3. The molecule has 1 aliphatic rings. The zero-order valence-electron chi connectivity index (χ0n) is 11.3. The minimum absolute atomic E-state index is 0.0524. The Balaban J connectivity index is 2.01. The summed E-state index contributed by atoms with van der Waals surface area (Å²) >= 11 is 0. The van der Waals surface area contributed by atoms with Gasteiger partial charge in [0.2, 0.25) is 5.91 Å². The summed E-state index contributed by atoms with van der Waals surface area (Å²) in [6.45, 7) is 2.70. The van der Waals surface area contributed by atoms with Gasteiger partial charge < -0.3 is 9.64 Å². The van der Waals surface area contributed by atoms with Crippen LogP contribution in [0.3, 0.4) is 0 Å². The van der Waals surface area contributed by atoms with E-state index >= 15 is 0 Å². The summed E-state index contributed by atoms with van der Waals surface area (Å²) in [6.07, 6.45) is 0.709. The highest BCUT2D eigenvalue weighted by Crippen LogP contribution is 2.27. The molecule has 1 aliphatic heterocycles. The van der Waals surface area contributed by atoms with Gasteiger partial charge >= 0.3 is 0 Å². The normalized spacial score (nSPS) is 18.7. The molecule has 2 unspecified atom stereocenters. The second-order valence-electron chi connectivity index (χ2n) is 5.07. The summed E-state index contributed by atoms with van der Waals surface area (Å²) < 4.78 is 5.63. The highest BCUT2D eigenvalue weighted by Gasteiger charge is 2.28. The molecule has 0 bridgehead atoms. The Kier molecular flexibility index (Phi) is 4.06. The summed E-state index contributed by atoms with van der Waals surface area (Å²) in [5, 5.41) is 8.79. The molecule has 19 heavy (non-hydrogen) atoms. The molecule has 1 aromatic rings. The highest BCUT2D eigenvalue weighted by atomic mass is 16.5. The summed E-state index contributed by atoms with van der Waals surface area (Å²) in [5.74, 6) is 0.632. The Morgan fingerprint density at radius 1 is 1.58 bits per heavy atom. The Bertz CT molecular complexity index is 507. The third-order valence-corrected chi connectivity index (χ3v) is 3.37. The van der Waals surface area contributed by atoms with Gasteiger partial charge in [0.25, 0.3) is 0 Å². The fourth-order valence-electron chi connectivity index (χ4n) is 2.34. The second-order valence-corrected chi connectivity index (χ2v) is 5.07. The number of carbonyl (C=O) groups is 1. The molecule has 0 aromatic heterocycles. The van der Waals surface area contributed by atoms with Crippen molar-refractivity contribution in [2.24, 2.45) is 11.8 Å². The first kappa shape index (κ1) is 13.4. The number of para-hydroxylation sites is 1. The number of hydrogen-bond acceptors (Lipinski definition) is 3. The molecule has 0 spiro atoms. The monoisotopic (exact) mass is 258 g/mol. The highest BCUT2D eigenvalue weighted by molar-refractivity contribution is 5.79. The first-order chi connectivity index (χ1) is 9.11. The first-order valence-electron chi connectivity index (χ1n) is 6.47. The number of nitriles is 1. The third kappa shape index (κ3) is 3.05. The predicted octanol–water partition coefficient (Wildman–Crippen LogP) is 1.86. The Hall–Kier alpha value is -2.02. The van der Waals surface area contributed by atoms with Gasteiger partial charge in [-0.25, -0.2) is 0 Å². The number of fused-ring (bicyclic) bond motifs is 1. The van der Waals surface area contributed by atoms with E-state index in [2.05, 4.69) is 6.07 Å². The van der Waals surface area contributed by atoms with E-state index in [4.69, 9.17) is 10.00 Å². The van der Waals surface area contributed by atoms with E-state index in [0.717, 1.165) is 11.3 Å². The van der Waals surface area contributed by atoms with Gasteiger partial charge in [-0.05, 0) is 25.0 Å². The van der Waals surface area contributed by atoms with Crippen LogP contribution in [0, 0.1) is 23.2 Å². The molecule has 0 fully saturated rings. The molecular weight excluding hydrogens is 240 g/mol. The van der Waals surface area contributed by atoms with Crippen LogP contribution in [0.4, 0.5) is 0 Å². The number of hydrogen-bond donors (Lipinski definition) is 0. The summed E-state index contributed by atoms with van der Waals surface area (Å²) in [5.41, 5.74) is 1.08. The molecule has 0 aliphatic carbocycles. The Morgan fingerprint density at radius 2 is 2.32 bits per heavy atom. The predicted molar refractivity (Wildman–Crippen MR) is 71.5 cm³/mol. The van der Waals surface area contributed by atoms with Crippen molar-refractivity contribution in [3.8, 4) is 11.8 Å². The van der Waals surface area contributed by atoms with Crippen molar-refractivity contribution in [1.29, 1.82) is 5.26 Å². The van der Waals surface area contributed by atoms with Crippen molar-refractivity contribution >= 4 is 5.91 Å². The lowest BCUT2D eigenvalue weighted by atomic mass is 9.95. The van der Waals surface area contributed by atoms with Gasteiger partial charge in [-0.3, -0.25) is 4.79 Å². The van der Waals surface area contributed by atoms with Crippen molar-refractivity contribution in [1.82, 2.24) is 4.90 Å². The van der Waals surface area contributed by atoms with E-state index in [1.807, 2.05) is 31.2 Å². The molecule has 2 rings (SSSR count). The van der Waals surface area contributed by atoms with Crippen LogP contribution in [0.1, 0.15) is 12.5 Å². The lowest BCUT2D eigenvalue weighted by molar-refractivity contribution is -0.135. The van der Waals surface area contributed by atoms with E-state index in [1.54, 1.807) is 11.9 Å². The number of rotatable bonds is 3. The van der Waals surface area contributed by atoms with Gasteiger partial charge in [-0.1, -0.05) is 18.2 Å².